The molecule has 134 valence electrons. The third-order valence-corrected chi connectivity index (χ3v) is 4.95. The van der Waals surface area contributed by atoms with Crippen LogP contribution in [0.25, 0.3) is 5.69 Å². The molecule has 3 heterocycles. The van der Waals surface area contributed by atoms with Crippen LogP contribution in [-0.4, -0.2) is 55.4 Å². The molecule has 0 saturated carbocycles. The molecule has 0 bridgehead atoms. The van der Waals surface area contributed by atoms with Crippen molar-refractivity contribution < 1.29 is 0 Å². The van der Waals surface area contributed by atoms with E-state index in [1.165, 1.54) is 0 Å². The maximum atomic E-state index is 5.67. The summed E-state index contributed by atoms with van der Waals surface area (Å²) in [4.78, 5) is 13.2. The van der Waals surface area contributed by atoms with Gasteiger partial charge in [-0.15, -0.1) is 0 Å². The largest absolute Gasteiger partial charge is 0.338 e. The van der Waals surface area contributed by atoms with Crippen molar-refractivity contribution in [3.05, 3.63) is 59.4 Å². The second-order valence-electron chi connectivity index (χ2n) is 6.30. The van der Waals surface area contributed by atoms with Gasteiger partial charge in [0.1, 0.15) is 5.82 Å². The molecule has 0 aliphatic carbocycles. The lowest BCUT2D eigenvalue weighted by atomic mass is 10.3. The minimum atomic E-state index is 0.697. The summed E-state index contributed by atoms with van der Waals surface area (Å²) in [5.74, 6) is 1.70. The van der Waals surface area contributed by atoms with Crippen molar-refractivity contribution in [1.29, 1.82) is 0 Å². The lowest BCUT2D eigenvalue weighted by Crippen LogP contribution is -2.47. The highest BCUT2D eigenvalue weighted by molar-refractivity contribution is 7.71. The van der Waals surface area contributed by atoms with Crippen LogP contribution in [0.2, 0.25) is 0 Å². The van der Waals surface area contributed by atoms with Crippen molar-refractivity contribution in [2.45, 2.75) is 13.6 Å². The average Bonchev–Trinajstić information content (AvgIpc) is 2.97. The smallest absolute Gasteiger partial charge is 0.225 e. The zero-order valence-corrected chi connectivity index (χ0v) is 15.5. The van der Waals surface area contributed by atoms with Crippen molar-refractivity contribution in [1.82, 2.24) is 29.2 Å². The Hall–Kier alpha value is -2.58. The Bertz CT molecular complexity index is 912. The van der Waals surface area contributed by atoms with E-state index in [0.29, 0.717) is 6.67 Å². The van der Waals surface area contributed by atoms with Crippen LogP contribution in [0, 0.1) is 11.7 Å². The molecule has 3 aromatic rings. The Labute approximate surface area is 157 Å². The molecule has 1 aliphatic rings. The van der Waals surface area contributed by atoms with Crippen molar-refractivity contribution in [3.8, 4) is 5.69 Å². The molecule has 0 spiro atoms. The van der Waals surface area contributed by atoms with E-state index in [2.05, 4.69) is 24.9 Å². The monoisotopic (exact) mass is 367 g/mol. The normalized spacial score (nSPS) is 15.3. The standard InChI is InChI=1S/C18H21N7S/c1-15-21-24(18(26)25(15)16-6-3-2-4-7-16)14-22-10-12-23(13-11-22)17-19-8-5-9-20-17/h2-9H,10-14H2,1H3. The van der Waals surface area contributed by atoms with Crippen LogP contribution in [-0.2, 0) is 6.67 Å². The van der Waals surface area contributed by atoms with E-state index in [9.17, 15) is 0 Å². The van der Waals surface area contributed by atoms with Crippen molar-refractivity contribution in [2.75, 3.05) is 31.1 Å². The van der Waals surface area contributed by atoms with Gasteiger partial charge in [-0.3, -0.25) is 9.47 Å². The van der Waals surface area contributed by atoms with Crippen molar-refractivity contribution in [2.24, 2.45) is 0 Å². The molecule has 0 amide bonds. The van der Waals surface area contributed by atoms with Crippen LogP contribution < -0.4 is 4.90 Å². The first-order chi connectivity index (χ1) is 12.7. The molecule has 1 aliphatic heterocycles. The number of benzene rings is 1. The Balaban J connectivity index is 1.45. The minimum absolute atomic E-state index is 0.697. The second-order valence-corrected chi connectivity index (χ2v) is 6.66. The quantitative estimate of drug-likeness (QED) is 0.660. The SMILES string of the molecule is Cc1nn(CN2CCN(c3ncccn3)CC2)c(=S)n1-c1ccccc1. The molecule has 7 nitrogen and oxygen atoms in total. The summed E-state index contributed by atoms with van der Waals surface area (Å²) in [6.45, 7) is 6.34. The molecular weight excluding hydrogens is 346 g/mol. The summed E-state index contributed by atoms with van der Waals surface area (Å²) in [7, 11) is 0. The zero-order valence-electron chi connectivity index (χ0n) is 14.7. The second kappa shape index (κ2) is 7.35. The fraction of sp³-hybridized carbons (Fsp3) is 0.333. The number of aryl methyl sites for hydroxylation is 1. The molecule has 0 unspecified atom stereocenters. The Morgan fingerprint density at radius 3 is 2.35 bits per heavy atom. The molecule has 0 atom stereocenters. The van der Waals surface area contributed by atoms with Gasteiger partial charge in [0.05, 0.1) is 6.67 Å². The van der Waals surface area contributed by atoms with Gasteiger partial charge in [-0.1, -0.05) is 18.2 Å². The van der Waals surface area contributed by atoms with Gasteiger partial charge in [-0.25, -0.2) is 14.6 Å². The average molecular weight is 367 g/mol. The van der Waals surface area contributed by atoms with Gasteiger partial charge in [-0.05, 0) is 37.3 Å². The third-order valence-electron chi connectivity index (χ3n) is 4.56. The Morgan fingerprint density at radius 1 is 0.962 bits per heavy atom. The summed E-state index contributed by atoms with van der Waals surface area (Å²) in [5.41, 5.74) is 1.05. The van der Waals surface area contributed by atoms with Crippen LogP contribution in [0.1, 0.15) is 5.82 Å². The van der Waals surface area contributed by atoms with Gasteiger partial charge in [-0.2, -0.15) is 5.10 Å². The number of anilines is 1. The van der Waals surface area contributed by atoms with E-state index in [4.69, 9.17) is 12.2 Å². The van der Waals surface area contributed by atoms with E-state index in [0.717, 1.165) is 48.4 Å². The highest BCUT2D eigenvalue weighted by Crippen LogP contribution is 2.14. The van der Waals surface area contributed by atoms with Crippen molar-refractivity contribution >= 4 is 18.2 Å². The predicted octanol–water partition coefficient (Wildman–Crippen LogP) is 2.28. The Kier molecular flexibility index (Phi) is 4.77. The number of nitrogens with zero attached hydrogens (tertiary/aromatic N) is 7. The fourth-order valence-corrected chi connectivity index (χ4v) is 3.55. The van der Waals surface area contributed by atoms with Crippen LogP contribution in [0.5, 0.6) is 0 Å². The molecule has 1 aromatic carbocycles. The molecule has 1 saturated heterocycles. The number of hydrogen-bond donors (Lipinski definition) is 0. The van der Waals surface area contributed by atoms with E-state index < -0.39 is 0 Å². The maximum absolute atomic E-state index is 5.67. The van der Waals surface area contributed by atoms with Crippen LogP contribution >= 0.6 is 12.2 Å². The van der Waals surface area contributed by atoms with Gasteiger partial charge in [0.15, 0.2) is 0 Å². The maximum Gasteiger partial charge on any atom is 0.225 e. The predicted molar refractivity (Wildman–Crippen MR) is 103 cm³/mol. The Morgan fingerprint density at radius 2 is 1.65 bits per heavy atom. The number of para-hydroxylation sites is 1. The molecule has 2 aromatic heterocycles. The van der Waals surface area contributed by atoms with Crippen LogP contribution in [0.3, 0.4) is 0 Å². The third kappa shape index (κ3) is 3.38. The van der Waals surface area contributed by atoms with Gasteiger partial charge in [0, 0.05) is 44.3 Å². The first-order valence-electron chi connectivity index (χ1n) is 8.68. The first-order valence-corrected chi connectivity index (χ1v) is 9.09. The minimum Gasteiger partial charge on any atom is -0.338 e. The van der Waals surface area contributed by atoms with Gasteiger partial charge in [0.2, 0.25) is 10.7 Å². The van der Waals surface area contributed by atoms with E-state index in [1.54, 1.807) is 12.4 Å². The lowest BCUT2D eigenvalue weighted by Gasteiger charge is -2.34. The summed E-state index contributed by atoms with van der Waals surface area (Å²) < 4.78 is 4.65. The van der Waals surface area contributed by atoms with E-state index in [-0.39, 0.29) is 0 Å². The molecule has 26 heavy (non-hydrogen) atoms. The van der Waals surface area contributed by atoms with Crippen LogP contribution in [0.15, 0.2) is 48.8 Å². The summed E-state index contributed by atoms with van der Waals surface area (Å²) in [6, 6.07) is 12.0. The first kappa shape index (κ1) is 16.9. The van der Waals surface area contributed by atoms with Gasteiger partial charge >= 0.3 is 0 Å². The molecule has 8 heteroatoms. The number of aromatic nitrogens is 5. The van der Waals surface area contributed by atoms with E-state index >= 15 is 0 Å². The topological polar surface area (TPSA) is 55.0 Å². The number of hydrogen-bond acceptors (Lipinski definition) is 6. The molecule has 4 rings (SSSR count). The highest BCUT2D eigenvalue weighted by Gasteiger charge is 2.20. The highest BCUT2D eigenvalue weighted by atomic mass is 32.1. The zero-order chi connectivity index (χ0) is 17.9. The molecule has 0 radical (unpaired) electrons. The molecular formula is C18H21N7S. The molecule has 0 N–H and O–H groups in total. The summed E-state index contributed by atoms with van der Waals surface area (Å²) >= 11 is 5.67. The number of rotatable bonds is 4. The van der Waals surface area contributed by atoms with Gasteiger partial charge < -0.3 is 4.90 Å². The van der Waals surface area contributed by atoms with Crippen molar-refractivity contribution in [3.63, 3.8) is 0 Å². The van der Waals surface area contributed by atoms with E-state index in [1.807, 2.05) is 52.6 Å². The van der Waals surface area contributed by atoms with Crippen LogP contribution in [0.4, 0.5) is 5.95 Å². The fourth-order valence-electron chi connectivity index (χ4n) is 3.22. The van der Waals surface area contributed by atoms with Gasteiger partial charge in [0.25, 0.3) is 0 Å². The molecule has 1 fully saturated rings. The number of piperazine rings is 1. The summed E-state index contributed by atoms with van der Waals surface area (Å²) in [6.07, 6.45) is 3.57. The summed E-state index contributed by atoms with van der Waals surface area (Å²) in [5, 5.41) is 4.65. The lowest BCUT2D eigenvalue weighted by molar-refractivity contribution is 0.193.